The zero-order valence-corrected chi connectivity index (χ0v) is 10.8. The molecule has 0 atom stereocenters. The highest BCUT2D eigenvalue weighted by Gasteiger charge is 2.07. The van der Waals surface area contributed by atoms with Crippen LogP contribution in [0.2, 0.25) is 0 Å². The predicted octanol–water partition coefficient (Wildman–Crippen LogP) is 4.44. The van der Waals surface area contributed by atoms with Crippen molar-refractivity contribution in [3.8, 4) is 0 Å². The zero-order chi connectivity index (χ0) is 18.5. The Morgan fingerprint density at radius 3 is 1.44 bits per heavy atom. The van der Waals surface area contributed by atoms with E-state index in [1.165, 1.54) is 0 Å². The van der Waals surface area contributed by atoms with Crippen molar-refractivity contribution in [2.45, 2.75) is 0 Å². The summed E-state index contributed by atoms with van der Waals surface area (Å²) in [6.45, 7) is 0. The smallest absolute Gasteiger partial charge is 0.193 e. The fraction of sp³-hybridized carbons (Fsp3) is 0. The second-order valence-electron chi connectivity index (χ2n) is 2.71. The van der Waals surface area contributed by atoms with Gasteiger partial charge in [0.1, 0.15) is 0 Å². The minimum Gasteiger partial charge on any atom is -0.289 e. The van der Waals surface area contributed by atoms with Crippen LogP contribution in [0.3, 0.4) is 0 Å². The number of benzene rings is 2. The highest BCUT2D eigenvalue weighted by Crippen LogP contribution is 2.16. The van der Waals surface area contributed by atoms with Gasteiger partial charge >= 0.3 is 0 Å². The van der Waals surface area contributed by atoms with E-state index in [9.17, 15) is 4.79 Å². The minimum absolute atomic E-state index is 0.107. The van der Waals surface area contributed by atoms with Crippen molar-refractivity contribution in [1.82, 2.24) is 0 Å². The first-order valence-corrected chi connectivity index (χ1v) is 5.67. The standard InChI is InChI=1S/C13H8Br2O/c14-11-5-1-9(2-6-11)13(16)10-3-7-12(15)8-4-10/h1-8H/i1D,2D,3D,4D,5D,6D,7D,8D. The van der Waals surface area contributed by atoms with Crippen LogP contribution in [-0.2, 0) is 0 Å². The largest absolute Gasteiger partial charge is 0.289 e. The third-order valence-electron chi connectivity index (χ3n) is 1.64. The zero-order valence-electron chi connectivity index (χ0n) is 15.7. The SMILES string of the molecule is [2H]c1c([2H])c(C(=O)c2c([2H])c([2H])c(Br)c([2H])c2[2H])c([2H])c([2H])c1Br. The Morgan fingerprint density at radius 2 is 1.12 bits per heavy atom. The Labute approximate surface area is 122 Å². The van der Waals surface area contributed by atoms with Crippen LogP contribution in [0.4, 0.5) is 0 Å². The summed E-state index contributed by atoms with van der Waals surface area (Å²) in [7, 11) is 0. The van der Waals surface area contributed by atoms with Gasteiger partial charge in [-0.2, -0.15) is 0 Å². The fourth-order valence-corrected chi connectivity index (χ4v) is 1.34. The Hall–Kier alpha value is -0.930. The maximum absolute atomic E-state index is 12.7. The van der Waals surface area contributed by atoms with Crippen LogP contribution < -0.4 is 0 Å². The van der Waals surface area contributed by atoms with E-state index in [1.807, 2.05) is 0 Å². The van der Waals surface area contributed by atoms with Gasteiger partial charge in [-0.15, -0.1) is 0 Å². The summed E-state index contributed by atoms with van der Waals surface area (Å²) >= 11 is 5.83. The molecular formula is C13H8Br2O. The van der Waals surface area contributed by atoms with Crippen molar-refractivity contribution in [2.24, 2.45) is 0 Å². The molecule has 2 aromatic rings. The quantitative estimate of drug-likeness (QED) is 0.734. The van der Waals surface area contributed by atoms with Crippen molar-refractivity contribution in [3.05, 3.63) is 68.4 Å². The molecule has 0 saturated heterocycles. The summed E-state index contributed by atoms with van der Waals surface area (Å²) in [5.74, 6) is -1.09. The van der Waals surface area contributed by atoms with E-state index in [0.29, 0.717) is 0 Å². The maximum Gasteiger partial charge on any atom is 0.193 e. The van der Waals surface area contributed by atoms with E-state index in [0.717, 1.165) is 0 Å². The molecule has 0 unspecified atom stereocenters. The molecule has 2 rings (SSSR count). The topological polar surface area (TPSA) is 17.1 Å². The maximum atomic E-state index is 12.7. The molecule has 0 saturated carbocycles. The van der Waals surface area contributed by atoms with Crippen LogP contribution in [0.5, 0.6) is 0 Å². The lowest BCUT2D eigenvalue weighted by Crippen LogP contribution is -2.00. The summed E-state index contributed by atoms with van der Waals surface area (Å²) in [6, 6.07) is -4.34. The van der Waals surface area contributed by atoms with Gasteiger partial charge < -0.3 is 0 Å². The van der Waals surface area contributed by atoms with Gasteiger partial charge in [0.05, 0.1) is 11.0 Å². The van der Waals surface area contributed by atoms with Crippen LogP contribution in [0.15, 0.2) is 57.3 Å². The van der Waals surface area contributed by atoms with E-state index in [-0.39, 0.29) is 8.95 Å². The average molecular weight is 348 g/mol. The monoisotopic (exact) mass is 346 g/mol. The van der Waals surface area contributed by atoms with E-state index in [4.69, 9.17) is 11.0 Å². The molecular weight excluding hydrogens is 332 g/mol. The number of carbonyl (C=O) groups excluding carboxylic acids is 1. The van der Waals surface area contributed by atoms with E-state index >= 15 is 0 Å². The second kappa shape index (κ2) is 4.93. The normalized spacial score (nSPS) is 17.1. The number of rotatable bonds is 2. The van der Waals surface area contributed by atoms with Crippen molar-refractivity contribution in [2.75, 3.05) is 0 Å². The lowest BCUT2D eigenvalue weighted by atomic mass is 10.0. The number of hydrogen-bond donors (Lipinski definition) is 0. The van der Waals surface area contributed by atoms with Gasteiger partial charge in [-0.3, -0.25) is 4.79 Å². The third kappa shape index (κ3) is 2.60. The molecule has 1 nitrogen and oxygen atoms in total. The molecule has 2 aromatic carbocycles. The summed E-state index contributed by atoms with van der Waals surface area (Å²) in [5.41, 5.74) is -1.20. The van der Waals surface area contributed by atoms with Crippen LogP contribution in [-0.4, -0.2) is 5.78 Å². The molecule has 3 heteroatoms. The van der Waals surface area contributed by atoms with Gasteiger partial charge in [-0.05, 0) is 48.3 Å². The minimum atomic E-state index is -1.09. The summed E-state index contributed by atoms with van der Waals surface area (Å²) in [6.07, 6.45) is 0. The lowest BCUT2D eigenvalue weighted by Gasteiger charge is -2.01. The first kappa shape index (κ1) is 5.15. The van der Waals surface area contributed by atoms with Crippen LogP contribution in [0.1, 0.15) is 26.9 Å². The number of ketones is 1. The van der Waals surface area contributed by atoms with Gasteiger partial charge in [0.2, 0.25) is 0 Å². The molecule has 0 aromatic heterocycles. The van der Waals surface area contributed by atoms with E-state index < -0.39 is 65.2 Å². The molecule has 0 radical (unpaired) electrons. The Bertz CT molecular complexity index is 767. The second-order valence-corrected chi connectivity index (χ2v) is 4.29. The first-order valence-electron chi connectivity index (χ1n) is 8.08. The molecule has 0 N–H and O–H groups in total. The molecule has 0 aliphatic heterocycles. The van der Waals surface area contributed by atoms with Crippen molar-refractivity contribution in [1.29, 1.82) is 0 Å². The van der Waals surface area contributed by atoms with Crippen LogP contribution >= 0.6 is 31.9 Å². The number of halogens is 2. The van der Waals surface area contributed by atoms with Gasteiger partial charge in [-0.1, -0.05) is 31.9 Å². The van der Waals surface area contributed by atoms with E-state index in [1.54, 1.807) is 0 Å². The van der Waals surface area contributed by atoms with Crippen LogP contribution in [0.25, 0.3) is 0 Å². The molecule has 0 heterocycles. The van der Waals surface area contributed by atoms with E-state index in [2.05, 4.69) is 31.9 Å². The molecule has 16 heavy (non-hydrogen) atoms. The first-order chi connectivity index (χ1) is 11.0. The summed E-state index contributed by atoms with van der Waals surface area (Å²) < 4.78 is 62.2. The van der Waals surface area contributed by atoms with Gasteiger partial charge in [0.25, 0.3) is 0 Å². The Balaban J connectivity index is 2.87. The number of carbonyl (C=O) groups is 1. The molecule has 0 aliphatic rings. The highest BCUT2D eigenvalue weighted by atomic mass is 79.9. The highest BCUT2D eigenvalue weighted by molar-refractivity contribution is 9.10. The van der Waals surface area contributed by atoms with Crippen molar-refractivity contribution in [3.63, 3.8) is 0 Å². The Kier molecular flexibility index (Phi) is 1.59. The predicted molar refractivity (Wildman–Crippen MR) is 71.7 cm³/mol. The fourth-order valence-electron chi connectivity index (χ4n) is 0.947. The molecule has 80 valence electrons. The lowest BCUT2D eigenvalue weighted by molar-refractivity contribution is 0.103. The molecule has 0 amide bonds. The van der Waals surface area contributed by atoms with Crippen molar-refractivity contribution < 1.29 is 15.8 Å². The summed E-state index contributed by atoms with van der Waals surface area (Å²) in [4.78, 5) is 12.7. The van der Waals surface area contributed by atoms with Gasteiger partial charge in [0.15, 0.2) is 5.78 Å². The molecule has 0 bridgehead atoms. The number of hydrogen-bond acceptors (Lipinski definition) is 1. The molecule has 0 aliphatic carbocycles. The Morgan fingerprint density at radius 1 is 0.812 bits per heavy atom. The van der Waals surface area contributed by atoms with Gasteiger partial charge in [0, 0.05) is 20.1 Å². The van der Waals surface area contributed by atoms with Crippen LogP contribution in [0, 0.1) is 0 Å². The summed E-state index contributed by atoms with van der Waals surface area (Å²) in [5, 5.41) is 0. The molecule has 0 fully saturated rings. The third-order valence-corrected chi connectivity index (χ3v) is 2.44. The van der Waals surface area contributed by atoms with Gasteiger partial charge in [-0.25, -0.2) is 0 Å². The molecule has 0 spiro atoms. The van der Waals surface area contributed by atoms with Crippen molar-refractivity contribution >= 4 is 37.6 Å². The average Bonchev–Trinajstić information content (AvgIpc) is 2.55.